The number of anilines is 1. The Labute approximate surface area is 113 Å². The molecule has 102 valence electrons. The number of hydrogen-bond acceptors (Lipinski definition) is 2. The molecule has 0 radical (unpaired) electrons. The molecule has 0 saturated carbocycles. The standard InChI is InChI=1S/C15H21N3O/c1-4-11(2)12(3)17-13-5-7-14(8-6-13)18-10-9-16-15(18)19/h5-12,17H,4H2,1-3H3,(H,16,19). The van der Waals surface area contributed by atoms with Crippen molar-refractivity contribution < 1.29 is 0 Å². The van der Waals surface area contributed by atoms with E-state index in [1.165, 1.54) is 0 Å². The number of nitrogens with one attached hydrogen (secondary N) is 2. The highest BCUT2D eigenvalue weighted by Gasteiger charge is 2.09. The van der Waals surface area contributed by atoms with Gasteiger partial charge in [0.1, 0.15) is 0 Å². The van der Waals surface area contributed by atoms with E-state index in [0.29, 0.717) is 12.0 Å². The molecule has 0 bridgehead atoms. The molecule has 0 fully saturated rings. The Morgan fingerprint density at radius 2 is 1.95 bits per heavy atom. The molecule has 2 rings (SSSR count). The van der Waals surface area contributed by atoms with E-state index in [4.69, 9.17) is 0 Å². The van der Waals surface area contributed by atoms with Gasteiger partial charge in [0.05, 0.1) is 5.69 Å². The maximum atomic E-state index is 11.5. The van der Waals surface area contributed by atoms with Crippen LogP contribution in [0.2, 0.25) is 0 Å². The molecule has 0 saturated heterocycles. The first-order valence-electron chi connectivity index (χ1n) is 6.74. The smallest absolute Gasteiger partial charge is 0.330 e. The van der Waals surface area contributed by atoms with Gasteiger partial charge in [-0.3, -0.25) is 4.57 Å². The average Bonchev–Trinajstić information content (AvgIpc) is 2.85. The number of imidazole rings is 1. The second-order valence-electron chi connectivity index (χ2n) is 5.00. The Hall–Kier alpha value is -1.97. The minimum Gasteiger partial charge on any atom is -0.382 e. The van der Waals surface area contributed by atoms with Crippen LogP contribution < -0.4 is 11.0 Å². The summed E-state index contributed by atoms with van der Waals surface area (Å²) in [7, 11) is 0. The summed E-state index contributed by atoms with van der Waals surface area (Å²) >= 11 is 0. The van der Waals surface area contributed by atoms with E-state index >= 15 is 0 Å². The van der Waals surface area contributed by atoms with Crippen LogP contribution in [0.15, 0.2) is 41.5 Å². The van der Waals surface area contributed by atoms with Gasteiger partial charge in [0.2, 0.25) is 0 Å². The molecule has 2 N–H and O–H groups in total. The number of rotatable bonds is 5. The maximum absolute atomic E-state index is 11.5. The molecule has 4 heteroatoms. The highest BCUT2D eigenvalue weighted by molar-refractivity contribution is 5.49. The van der Waals surface area contributed by atoms with E-state index in [1.54, 1.807) is 17.0 Å². The third-order valence-corrected chi connectivity index (χ3v) is 3.69. The lowest BCUT2D eigenvalue weighted by Crippen LogP contribution is -2.23. The zero-order chi connectivity index (χ0) is 13.8. The van der Waals surface area contributed by atoms with E-state index in [9.17, 15) is 4.79 Å². The molecule has 0 aliphatic rings. The van der Waals surface area contributed by atoms with Gasteiger partial charge in [-0.2, -0.15) is 0 Å². The topological polar surface area (TPSA) is 49.8 Å². The number of hydrogen-bond donors (Lipinski definition) is 2. The van der Waals surface area contributed by atoms with Gasteiger partial charge in [-0.1, -0.05) is 20.3 Å². The normalized spacial score (nSPS) is 14.1. The van der Waals surface area contributed by atoms with Crippen LogP contribution in [0.25, 0.3) is 5.69 Å². The minimum absolute atomic E-state index is 0.117. The van der Waals surface area contributed by atoms with Crippen molar-refractivity contribution in [1.29, 1.82) is 0 Å². The third-order valence-electron chi connectivity index (χ3n) is 3.69. The van der Waals surface area contributed by atoms with Gasteiger partial charge < -0.3 is 10.3 Å². The van der Waals surface area contributed by atoms with Crippen molar-refractivity contribution in [2.45, 2.75) is 33.2 Å². The average molecular weight is 259 g/mol. The number of benzene rings is 1. The molecule has 1 heterocycles. The Kier molecular flexibility index (Phi) is 4.10. The molecule has 2 unspecified atom stereocenters. The van der Waals surface area contributed by atoms with Crippen molar-refractivity contribution in [2.24, 2.45) is 5.92 Å². The van der Waals surface area contributed by atoms with E-state index in [2.05, 4.69) is 31.1 Å². The molecule has 0 amide bonds. The van der Waals surface area contributed by atoms with E-state index < -0.39 is 0 Å². The molecular weight excluding hydrogens is 238 g/mol. The van der Waals surface area contributed by atoms with Crippen LogP contribution in [-0.4, -0.2) is 15.6 Å². The molecular formula is C15H21N3O. The SMILES string of the molecule is CCC(C)C(C)Nc1ccc(-n2cc[nH]c2=O)cc1. The van der Waals surface area contributed by atoms with Crippen LogP contribution in [0.3, 0.4) is 0 Å². The van der Waals surface area contributed by atoms with Crippen LogP contribution in [0.5, 0.6) is 0 Å². The number of aromatic amines is 1. The van der Waals surface area contributed by atoms with Gasteiger partial charge in [-0.05, 0) is 37.1 Å². The van der Waals surface area contributed by atoms with E-state index in [-0.39, 0.29) is 5.69 Å². The lowest BCUT2D eigenvalue weighted by atomic mass is 10.0. The van der Waals surface area contributed by atoms with Gasteiger partial charge in [0.15, 0.2) is 0 Å². The number of nitrogens with zero attached hydrogens (tertiary/aromatic N) is 1. The highest BCUT2D eigenvalue weighted by Crippen LogP contribution is 2.16. The molecule has 0 spiro atoms. The molecule has 0 aliphatic carbocycles. The van der Waals surface area contributed by atoms with Gasteiger partial charge in [0, 0.05) is 24.1 Å². The summed E-state index contributed by atoms with van der Waals surface area (Å²) in [6.45, 7) is 6.63. The van der Waals surface area contributed by atoms with Gasteiger partial charge in [0.25, 0.3) is 0 Å². The Balaban J connectivity index is 2.11. The second kappa shape index (κ2) is 5.78. The van der Waals surface area contributed by atoms with E-state index in [0.717, 1.165) is 17.8 Å². The summed E-state index contributed by atoms with van der Waals surface area (Å²) in [6.07, 6.45) is 4.52. The van der Waals surface area contributed by atoms with Crippen molar-refractivity contribution in [2.75, 3.05) is 5.32 Å². The molecule has 1 aromatic heterocycles. The monoisotopic (exact) mass is 259 g/mol. The molecule has 19 heavy (non-hydrogen) atoms. The van der Waals surface area contributed by atoms with Crippen LogP contribution in [0, 0.1) is 5.92 Å². The summed E-state index contributed by atoms with van der Waals surface area (Å²) < 4.78 is 1.59. The fraction of sp³-hybridized carbons (Fsp3) is 0.400. The Morgan fingerprint density at radius 3 is 2.47 bits per heavy atom. The minimum atomic E-state index is -0.117. The zero-order valence-corrected chi connectivity index (χ0v) is 11.7. The third kappa shape index (κ3) is 3.08. The summed E-state index contributed by atoms with van der Waals surface area (Å²) in [5.74, 6) is 0.631. The summed E-state index contributed by atoms with van der Waals surface area (Å²) in [6, 6.07) is 8.34. The first-order chi connectivity index (χ1) is 9.11. The highest BCUT2D eigenvalue weighted by atomic mass is 16.1. The number of H-pyrrole nitrogens is 1. The van der Waals surface area contributed by atoms with Crippen LogP contribution in [-0.2, 0) is 0 Å². The Morgan fingerprint density at radius 1 is 1.26 bits per heavy atom. The van der Waals surface area contributed by atoms with Gasteiger partial charge >= 0.3 is 5.69 Å². The first-order valence-corrected chi connectivity index (χ1v) is 6.74. The van der Waals surface area contributed by atoms with Crippen molar-refractivity contribution in [3.05, 3.63) is 47.1 Å². The van der Waals surface area contributed by atoms with Gasteiger partial charge in [-0.25, -0.2) is 4.79 Å². The lowest BCUT2D eigenvalue weighted by Gasteiger charge is -2.21. The maximum Gasteiger partial charge on any atom is 0.330 e. The predicted molar refractivity (Wildman–Crippen MR) is 78.9 cm³/mol. The van der Waals surface area contributed by atoms with Crippen LogP contribution >= 0.6 is 0 Å². The first kappa shape index (κ1) is 13.5. The summed E-state index contributed by atoms with van der Waals surface area (Å²) in [4.78, 5) is 14.1. The molecule has 0 aliphatic heterocycles. The predicted octanol–water partition coefficient (Wildman–Crippen LogP) is 3.01. The van der Waals surface area contributed by atoms with Crippen LogP contribution in [0.4, 0.5) is 5.69 Å². The van der Waals surface area contributed by atoms with E-state index in [1.807, 2.05) is 24.3 Å². The summed E-state index contributed by atoms with van der Waals surface area (Å²) in [5, 5.41) is 3.48. The zero-order valence-electron chi connectivity index (χ0n) is 11.7. The Bertz CT molecular complexity index is 568. The quantitative estimate of drug-likeness (QED) is 0.867. The fourth-order valence-corrected chi connectivity index (χ4v) is 2.00. The second-order valence-corrected chi connectivity index (χ2v) is 5.00. The van der Waals surface area contributed by atoms with Gasteiger partial charge in [-0.15, -0.1) is 0 Å². The number of aromatic nitrogens is 2. The van der Waals surface area contributed by atoms with Crippen molar-refractivity contribution >= 4 is 5.69 Å². The largest absolute Gasteiger partial charge is 0.382 e. The molecule has 4 nitrogen and oxygen atoms in total. The van der Waals surface area contributed by atoms with Crippen molar-refractivity contribution in [3.63, 3.8) is 0 Å². The molecule has 2 atom stereocenters. The van der Waals surface area contributed by atoms with Crippen molar-refractivity contribution in [1.82, 2.24) is 9.55 Å². The summed E-state index contributed by atoms with van der Waals surface area (Å²) in [5.41, 5.74) is 1.84. The fourth-order valence-electron chi connectivity index (χ4n) is 2.00. The van der Waals surface area contributed by atoms with Crippen LogP contribution in [0.1, 0.15) is 27.2 Å². The lowest BCUT2D eigenvalue weighted by molar-refractivity contribution is 0.494. The van der Waals surface area contributed by atoms with Crippen molar-refractivity contribution in [3.8, 4) is 5.69 Å². The molecule has 2 aromatic rings. The molecule has 1 aromatic carbocycles.